The minimum absolute atomic E-state index is 0.320. The van der Waals surface area contributed by atoms with Crippen LogP contribution >= 0.6 is 11.6 Å². The molecule has 5 atom stereocenters. The van der Waals surface area contributed by atoms with Crippen LogP contribution in [0.25, 0.3) is 17.2 Å². The molecule has 0 aromatic heterocycles. The minimum Gasteiger partial charge on any atom is -0.481 e. The van der Waals surface area contributed by atoms with Crippen LogP contribution in [0, 0.1) is 11.8 Å². The Hall–Kier alpha value is -2.18. The summed E-state index contributed by atoms with van der Waals surface area (Å²) < 4.78 is 18.0. The molecule has 0 radical (unpaired) electrons. The number of rotatable bonds is 6. The number of ether oxygens (including phenoxy) is 3. The molecule has 2 aromatic carbocycles. The fourth-order valence-corrected chi connectivity index (χ4v) is 4.56. The molecule has 0 spiro atoms. The number of benzene rings is 2. The molecule has 31 heavy (non-hydrogen) atoms. The molecule has 4 rings (SSSR count). The Balaban J connectivity index is 1.53. The maximum atomic E-state index is 11.9. The quantitative estimate of drug-likeness (QED) is 0.628. The highest BCUT2D eigenvalue weighted by Gasteiger charge is 2.57. The molecule has 2 heterocycles. The van der Waals surface area contributed by atoms with E-state index >= 15 is 0 Å². The lowest BCUT2D eigenvalue weighted by atomic mass is 9.82. The first-order valence-corrected chi connectivity index (χ1v) is 10.9. The number of hydrogen-bond donors (Lipinski definition) is 1. The highest BCUT2D eigenvalue weighted by atomic mass is 35.5. The number of fused-ring (bicyclic) bond motifs is 1. The van der Waals surface area contributed by atoms with Gasteiger partial charge in [-0.25, -0.2) is 0 Å². The zero-order chi connectivity index (χ0) is 22.2. The summed E-state index contributed by atoms with van der Waals surface area (Å²) in [6.07, 6.45) is 3.02. The molecule has 5 nitrogen and oxygen atoms in total. The molecule has 6 heteroatoms. The smallest absolute Gasteiger partial charge is 0.306 e. The van der Waals surface area contributed by atoms with Gasteiger partial charge in [0.25, 0.3) is 0 Å². The number of carboxylic acids is 1. The largest absolute Gasteiger partial charge is 0.481 e. The lowest BCUT2D eigenvalue weighted by Gasteiger charge is -2.27. The lowest BCUT2D eigenvalue weighted by Crippen LogP contribution is -2.37. The summed E-state index contributed by atoms with van der Waals surface area (Å²) in [6.45, 7) is 5.52. The molecule has 1 unspecified atom stereocenters. The van der Waals surface area contributed by atoms with Crippen molar-refractivity contribution in [3.05, 3.63) is 65.2 Å². The number of hydrogen-bond acceptors (Lipinski definition) is 4. The van der Waals surface area contributed by atoms with Crippen LogP contribution in [0.4, 0.5) is 0 Å². The topological polar surface area (TPSA) is 65.0 Å². The van der Waals surface area contributed by atoms with E-state index in [-0.39, 0.29) is 5.92 Å². The Kier molecular flexibility index (Phi) is 6.22. The molecule has 2 aliphatic rings. The summed E-state index contributed by atoms with van der Waals surface area (Å²) in [4.78, 5) is 11.9. The van der Waals surface area contributed by atoms with Crippen LogP contribution in [0.2, 0.25) is 5.02 Å². The van der Waals surface area contributed by atoms with E-state index in [0.29, 0.717) is 11.4 Å². The van der Waals surface area contributed by atoms with Gasteiger partial charge in [0.1, 0.15) is 6.10 Å². The highest BCUT2D eigenvalue weighted by Crippen LogP contribution is 2.45. The third kappa shape index (κ3) is 4.70. The first-order chi connectivity index (χ1) is 14.8. The molecule has 1 N–H and O–H groups in total. The maximum absolute atomic E-state index is 11.9. The lowest BCUT2D eigenvalue weighted by molar-refractivity contribution is -0.207. The average Bonchev–Trinajstić information content (AvgIpc) is 3.20. The Morgan fingerprint density at radius 1 is 1.10 bits per heavy atom. The minimum atomic E-state index is -0.837. The van der Waals surface area contributed by atoms with Gasteiger partial charge < -0.3 is 19.3 Å². The molecule has 2 saturated heterocycles. The van der Waals surface area contributed by atoms with E-state index in [4.69, 9.17) is 25.8 Å². The van der Waals surface area contributed by atoms with Gasteiger partial charge in [-0.15, -0.1) is 0 Å². The Morgan fingerprint density at radius 2 is 1.71 bits per heavy atom. The summed E-state index contributed by atoms with van der Waals surface area (Å²) in [5.74, 6) is -2.51. The van der Waals surface area contributed by atoms with Crippen molar-refractivity contribution in [2.24, 2.45) is 11.8 Å². The van der Waals surface area contributed by atoms with Crippen molar-refractivity contribution in [1.82, 2.24) is 0 Å². The van der Waals surface area contributed by atoms with Gasteiger partial charge in [-0.1, -0.05) is 67.1 Å². The molecule has 2 fully saturated rings. The summed E-state index contributed by atoms with van der Waals surface area (Å²) in [5, 5.41) is 10.5. The molecule has 0 saturated carbocycles. The van der Waals surface area contributed by atoms with Crippen LogP contribution in [-0.4, -0.2) is 35.4 Å². The van der Waals surface area contributed by atoms with Gasteiger partial charge >= 0.3 is 5.97 Å². The van der Waals surface area contributed by atoms with Gasteiger partial charge in [0.2, 0.25) is 0 Å². The Bertz CT molecular complexity index is 951. The second kappa shape index (κ2) is 8.75. The van der Waals surface area contributed by atoms with Crippen molar-refractivity contribution >= 4 is 23.6 Å². The van der Waals surface area contributed by atoms with Crippen molar-refractivity contribution in [2.45, 2.75) is 51.5 Å². The van der Waals surface area contributed by atoms with Crippen LogP contribution in [0.1, 0.15) is 32.8 Å². The number of halogens is 1. The van der Waals surface area contributed by atoms with E-state index in [1.54, 1.807) is 0 Å². The number of carbonyl (C=O) groups is 1. The van der Waals surface area contributed by atoms with Crippen LogP contribution in [0.15, 0.2) is 54.6 Å². The Morgan fingerprint density at radius 3 is 2.29 bits per heavy atom. The molecular weight excluding hydrogens is 416 g/mol. The molecule has 2 aliphatic heterocycles. The monoisotopic (exact) mass is 442 g/mol. The zero-order valence-corrected chi connectivity index (χ0v) is 18.6. The van der Waals surface area contributed by atoms with Crippen LogP contribution in [0.5, 0.6) is 0 Å². The van der Waals surface area contributed by atoms with Crippen molar-refractivity contribution in [1.29, 1.82) is 0 Å². The third-order valence-corrected chi connectivity index (χ3v) is 6.18. The first-order valence-electron chi connectivity index (χ1n) is 10.6. The van der Waals surface area contributed by atoms with Gasteiger partial charge in [0.15, 0.2) is 12.1 Å². The molecule has 0 aliphatic carbocycles. The van der Waals surface area contributed by atoms with E-state index in [1.807, 2.05) is 81.5 Å². The summed E-state index contributed by atoms with van der Waals surface area (Å²) in [6, 6.07) is 15.9. The summed E-state index contributed by atoms with van der Waals surface area (Å²) >= 11 is 5.97. The predicted octanol–water partition coefficient (Wildman–Crippen LogP) is 5.62. The maximum Gasteiger partial charge on any atom is 0.306 e. The SMILES string of the molecule is CCC(C(=O)O)[C@H]1[C@H]2OC(C)(C)O[C@H]2O[C@H]1C=Cc1ccc(-c2ccc(Cl)cc2)cc1. The molecule has 0 amide bonds. The van der Waals surface area contributed by atoms with Crippen molar-refractivity contribution in [3.63, 3.8) is 0 Å². The van der Waals surface area contributed by atoms with Crippen LogP contribution < -0.4 is 0 Å². The van der Waals surface area contributed by atoms with Gasteiger partial charge in [0.05, 0.1) is 12.0 Å². The first kappa shape index (κ1) is 22.0. The van der Waals surface area contributed by atoms with Gasteiger partial charge in [-0.3, -0.25) is 4.79 Å². The molecule has 0 bridgehead atoms. The highest BCUT2D eigenvalue weighted by molar-refractivity contribution is 6.30. The zero-order valence-electron chi connectivity index (χ0n) is 17.8. The number of carboxylic acid groups (broad SMARTS) is 1. The second-order valence-electron chi connectivity index (χ2n) is 8.49. The van der Waals surface area contributed by atoms with Crippen molar-refractivity contribution in [2.75, 3.05) is 0 Å². The fraction of sp³-hybridized carbons (Fsp3) is 0.400. The summed E-state index contributed by atoms with van der Waals surface area (Å²) in [5.41, 5.74) is 3.19. The fourth-order valence-electron chi connectivity index (χ4n) is 4.43. The van der Waals surface area contributed by atoms with E-state index in [9.17, 15) is 9.90 Å². The standard InChI is InChI=1S/C25H27ClO5/c1-4-19(23(27)28)21-20(29-24-22(21)30-25(2,3)31-24)14-7-15-5-8-16(9-6-15)17-10-12-18(26)13-11-17/h5-14,19-22,24H,4H2,1-3H3,(H,27,28)/t19?,20-,21+,22+,24+/m0/s1. The molecular formula is C25H27ClO5. The van der Waals surface area contributed by atoms with Gasteiger partial charge in [-0.05, 0) is 49.1 Å². The molecule has 2 aromatic rings. The predicted molar refractivity (Wildman–Crippen MR) is 120 cm³/mol. The molecule has 164 valence electrons. The van der Waals surface area contributed by atoms with E-state index < -0.39 is 36.2 Å². The van der Waals surface area contributed by atoms with Crippen molar-refractivity contribution < 1.29 is 24.1 Å². The van der Waals surface area contributed by atoms with E-state index in [2.05, 4.69) is 0 Å². The second-order valence-corrected chi connectivity index (χ2v) is 8.92. The number of aliphatic carboxylic acids is 1. The normalized spacial score (nSPS) is 28.0. The third-order valence-electron chi connectivity index (χ3n) is 5.93. The van der Waals surface area contributed by atoms with Crippen LogP contribution in [-0.2, 0) is 19.0 Å². The van der Waals surface area contributed by atoms with E-state index in [1.165, 1.54) is 0 Å². The van der Waals surface area contributed by atoms with Crippen LogP contribution in [0.3, 0.4) is 0 Å². The summed E-state index contributed by atoms with van der Waals surface area (Å²) in [7, 11) is 0. The van der Waals surface area contributed by atoms with Gasteiger partial charge in [-0.2, -0.15) is 0 Å². The Labute approximate surface area is 187 Å². The van der Waals surface area contributed by atoms with Gasteiger partial charge in [0, 0.05) is 10.9 Å². The van der Waals surface area contributed by atoms with Crippen molar-refractivity contribution in [3.8, 4) is 11.1 Å². The van der Waals surface area contributed by atoms with E-state index in [0.717, 1.165) is 16.7 Å². The average molecular weight is 443 g/mol.